The Labute approximate surface area is 113 Å². The number of rotatable bonds is 2. The predicted molar refractivity (Wildman–Crippen MR) is 74.7 cm³/mol. The van der Waals surface area contributed by atoms with Crippen LogP contribution in [0.5, 0.6) is 0 Å². The minimum absolute atomic E-state index is 0.118. The van der Waals surface area contributed by atoms with Crippen molar-refractivity contribution in [1.82, 2.24) is 4.90 Å². The second kappa shape index (κ2) is 6.04. The molecule has 1 aromatic carbocycles. The Hall–Kier alpha value is -1.59. The third-order valence-corrected chi connectivity index (χ3v) is 3.56. The van der Waals surface area contributed by atoms with Gasteiger partial charge in [0.05, 0.1) is 6.10 Å². The topological polar surface area (TPSA) is 78.6 Å². The van der Waals surface area contributed by atoms with Crippen LogP contribution in [0.2, 0.25) is 0 Å². The lowest BCUT2D eigenvalue weighted by Crippen LogP contribution is -2.46. The van der Waals surface area contributed by atoms with Gasteiger partial charge in [-0.3, -0.25) is 0 Å². The van der Waals surface area contributed by atoms with Gasteiger partial charge in [-0.15, -0.1) is 0 Å². The molecule has 2 atom stereocenters. The number of likely N-dealkylation sites (tertiary alicyclic amines) is 1. The van der Waals surface area contributed by atoms with Crippen LogP contribution < -0.4 is 11.1 Å². The van der Waals surface area contributed by atoms with Gasteiger partial charge in [-0.2, -0.15) is 0 Å². The van der Waals surface area contributed by atoms with E-state index in [0.717, 1.165) is 11.3 Å². The number of nitrogens with zero attached hydrogens (tertiary/aromatic N) is 1. The summed E-state index contributed by atoms with van der Waals surface area (Å²) in [5.74, 6) is 0.120. The lowest BCUT2D eigenvalue weighted by atomic mass is 9.97. The molecule has 1 fully saturated rings. The van der Waals surface area contributed by atoms with Crippen LogP contribution >= 0.6 is 0 Å². The number of piperidine rings is 1. The zero-order valence-electron chi connectivity index (χ0n) is 11.2. The molecular formula is C14H21N3O2. The first-order valence-corrected chi connectivity index (χ1v) is 6.63. The SMILES string of the molecule is CC1CN(C(=O)Nc2cccc(CN)c2)CCC1O. The minimum Gasteiger partial charge on any atom is -0.393 e. The van der Waals surface area contributed by atoms with E-state index in [1.54, 1.807) is 4.90 Å². The van der Waals surface area contributed by atoms with Crippen LogP contribution in [-0.2, 0) is 6.54 Å². The van der Waals surface area contributed by atoms with Crippen LogP contribution in [0.15, 0.2) is 24.3 Å². The minimum atomic E-state index is -0.301. The molecule has 1 aromatic rings. The number of carbonyl (C=O) groups is 1. The maximum absolute atomic E-state index is 12.1. The van der Waals surface area contributed by atoms with Gasteiger partial charge in [0.2, 0.25) is 0 Å². The average molecular weight is 263 g/mol. The third-order valence-electron chi connectivity index (χ3n) is 3.56. The van der Waals surface area contributed by atoms with Gasteiger partial charge in [0, 0.05) is 25.3 Å². The number of aliphatic hydroxyl groups excluding tert-OH is 1. The van der Waals surface area contributed by atoms with E-state index in [1.807, 2.05) is 31.2 Å². The Morgan fingerprint density at radius 2 is 2.37 bits per heavy atom. The number of nitrogens with two attached hydrogens (primary N) is 1. The molecule has 0 aliphatic carbocycles. The first-order chi connectivity index (χ1) is 9.10. The number of amides is 2. The fourth-order valence-electron chi connectivity index (χ4n) is 2.30. The van der Waals surface area contributed by atoms with Gasteiger partial charge < -0.3 is 21.1 Å². The van der Waals surface area contributed by atoms with Gasteiger partial charge >= 0.3 is 6.03 Å². The molecule has 0 bridgehead atoms. The van der Waals surface area contributed by atoms with Gasteiger partial charge in [0.15, 0.2) is 0 Å². The number of hydrogen-bond acceptors (Lipinski definition) is 3. The Balaban J connectivity index is 1.97. The predicted octanol–water partition coefficient (Wildman–Crippen LogP) is 1.38. The highest BCUT2D eigenvalue weighted by Gasteiger charge is 2.27. The highest BCUT2D eigenvalue weighted by Crippen LogP contribution is 2.18. The first kappa shape index (κ1) is 13.8. The number of anilines is 1. The number of hydrogen-bond donors (Lipinski definition) is 3. The summed E-state index contributed by atoms with van der Waals surface area (Å²) in [5.41, 5.74) is 7.32. The number of aliphatic hydroxyl groups is 1. The van der Waals surface area contributed by atoms with E-state index in [0.29, 0.717) is 26.1 Å². The van der Waals surface area contributed by atoms with Crippen molar-refractivity contribution in [3.8, 4) is 0 Å². The van der Waals surface area contributed by atoms with Gasteiger partial charge in [-0.25, -0.2) is 4.79 Å². The summed E-state index contributed by atoms with van der Waals surface area (Å²) in [6, 6.07) is 7.40. The molecule has 2 amide bonds. The molecule has 0 spiro atoms. The highest BCUT2D eigenvalue weighted by atomic mass is 16.3. The van der Waals surface area contributed by atoms with Gasteiger partial charge in [-0.05, 0) is 30.0 Å². The van der Waals surface area contributed by atoms with Crippen LogP contribution in [0.25, 0.3) is 0 Å². The van der Waals surface area contributed by atoms with E-state index in [-0.39, 0.29) is 18.1 Å². The molecule has 1 saturated heterocycles. The molecule has 19 heavy (non-hydrogen) atoms. The highest BCUT2D eigenvalue weighted by molar-refractivity contribution is 5.89. The first-order valence-electron chi connectivity index (χ1n) is 6.63. The van der Waals surface area contributed by atoms with Crippen molar-refractivity contribution in [2.75, 3.05) is 18.4 Å². The van der Waals surface area contributed by atoms with Crippen molar-refractivity contribution in [3.05, 3.63) is 29.8 Å². The Bertz CT molecular complexity index is 450. The molecular weight excluding hydrogens is 242 g/mol. The number of nitrogens with one attached hydrogen (secondary N) is 1. The molecule has 2 unspecified atom stereocenters. The van der Waals surface area contributed by atoms with Crippen molar-refractivity contribution in [2.24, 2.45) is 11.7 Å². The van der Waals surface area contributed by atoms with Crippen LogP contribution in [0, 0.1) is 5.92 Å². The van der Waals surface area contributed by atoms with E-state index in [4.69, 9.17) is 5.73 Å². The number of urea groups is 1. The van der Waals surface area contributed by atoms with Crippen LogP contribution in [-0.4, -0.2) is 35.2 Å². The second-order valence-electron chi connectivity index (χ2n) is 5.11. The Morgan fingerprint density at radius 3 is 3.05 bits per heavy atom. The standard InChI is InChI=1S/C14H21N3O2/c1-10-9-17(6-5-13(10)18)14(19)16-12-4-2-3-11(7-12)8-15/h2-4,7,10,13,18H,5-6,8-9,15H2,1H3,(H,16,19). The van der Waals surface area contributed by atoms with Crippen LogP contribution in [0.1, 0.15) is 18.9 Å². The van der Waals surface area contributed by atoms with Crippen LogP contribution in [0.4, 0.5) is 10.5 Å². The second-order valence-corrected chi connectivity index (χ2v) is 5.11. The summed E-state index contributed by atoms with van der Waals surface area (Å²) in [6.45, 7) is 3.59. The quantitative estimate of drug-likeness (QED) is 0.754. The number of carbonyl (C=O) groups excluding carboxylic acids is 1. The molecule has 0 saturated carbocycles. The molecule has 5 nitrogen and oxygen atoms in total. The maximum atomic E-state index is 12.1. The summed E-state index contributed by atoms with van der Waals surface area (Å²) >= 11 is 0. The number of benzene rings is 1. The fourth-order valence-corrected chi connectivity index (χ4v) is 2.30. The van der Waals surface area contributed by atoms with Crippen molar-refractivity contribution >= 4 is 11.7 Å². The van der Waals surface area contributed by atoms with E-state index >= 15 is 0 Å². The monoisotopic (exact) mass is 263 g/mol. The molecule has 0 aromatic heterocycles. The summed E-state index contributed by atoms with van der Waals surface area (Å²) in [5, 5.41) is 12.5. The third kappa shape index (κ3) is 3.45. The lowest BCUT2D eigenvalue weighted by molar-refractivity contribution is 0.0506. The molecule has 104 valence electrons. The zero-order chi connectivity index (χ0) is 13.8. The lowest BCUT2D eigenvalue weighted by Gasteiger charge is -2.34. The van der Waals surface area contributed by atoms with Crippen molar-refractivity contribution < 1.29 is 9.90 Å². The van der Waals surface area contributed by atoms with Crippen molar-refractivity contribution in [1.29, 1.82) is 0 Å². The fraction of sp³-hybridized carbons (Fsp3) is 0.500. The zero-order valence-corrected chi connectivity index (χ0v) is 11.2. The van der Waals surface area contributed by atoms with E-state index < -0.39 is 0 Å². The van der Waals surface area contributed by atoms with E-state index in [2.05, 4.69) is 5.32 Å². The normalized spacial score (nSPS) is 23.2. The van der Waals surface area contributed by atoms with Gasteiger partial charge in [-0.1, -0.05) is 19.1 Å². The van der Waals surface area contributed by atoms with Crippen LogP contribution in [0.3, 0.4) is 0 Å². The summed E-state index contributed by atoms with van der Waals surface area (Å²) in [7, 11) is 0. The Morgan fingerprint density at radius 1 is 1.58 bits per heavy atom. The molecule has 1 aliphatic heterocycles. The molecule has 4 N–H and O–H groups in total. The summed E-state index contributed by atoms with van der Waals surface area (Å²) in [6.07, 6.45) is 0.335. The average Bonchev–Trinajstić information content (AvgIpc) is 2.42. The summed E-state index contributed by atoms with van der Waals surface area (Å²) < 4.78 is 0. The van der Waals surface area contributed by atoms with E-state index in [9.17, 15) is 9.90 Å². The van der Waals surface area contributed by atoms with Crippen molar-refractivity contribution in [3.63, 3.8) is 0 Å². The van der Waals surface area contributed by atoms with Crippen molar-refractivity contribution in [2.45, 2.75) is 26.0 Å². The molecule has 1 aliphatic rings. The molecule has 5 heteroatoms. The molecule has 0 radical (unpaired) electrons. The maximum Gasteiger partial charge on any atom is 0.321 e. The largest absolute Gasteiger partial charge is 0.393 e. The van der Waals surface area contributed by atoms with Gasteiger partial charge in [0.1, 0.15) is 0 Å². The molecule has 2 rings (SSSR count). The summed E-state index contributed by atoms with van der Waals surface area (Å²) in [4.78, 5) is 13.9. The molecule has 1 heterocycles. The van der Waals surface area contributed by atoms with E-state index in [1.165, 1.54) is 0 Å². The smallest absolute Gasteiger partial charge is 0.321 e. The van der Waals surface area contributed by atoms with Gasteiger partial charge in [0.25, 0.3) is 0 Å². The Kier molecular flexibility index (Phi) is 4.39.